The van der Waals surface area contributed by atoms with E-state index in [4.69, 9.17) is 21.3 Å². The number of carbonyl (C=O) groups is 1. The highest BCUT2D eigenvalue weighted by Gasteiger charge is 2.44. The first kappa shape index (κ1) is 12.7. The van der Waals surface area contributed by atoms with Crippen LogP contribution in [0.1, 0.15) is 16.7 Å². The number of anilines is 1. The van der Waals surface area contributed by atoms with Crippen molar-refractivity contribution in [2.75, 3.05) is 12.3 Å². The van der Waals surface area contributed by atoms with Crippen molar-refractivity contribution in [3.05, 3.63) is 5.69 Å². The summed E-state index contributed by atoms with van der Waals surface area (Å²) < 4.78 is 6.11. The standard InChI is InChI=1S/C8H13N5O5/c9-6-3(7(10)17)11-12-13(6)8-5(16)4(15)2(1-14)18-8/h2,4-5,8,14-16H,1,9H2,(H2,10,17)/t2-,4-,5-,8-/m1/s1. The fraction of sp³-hybridized carbons (Fsp3) is 0.625. The molecule has 7 N–H and O–H groups in total. The van der Waals surface area contributed by atoms with E-state index in [9.17, 15) is 15.0 Å². The minimum atomic E-state index is -1.35. The lowest BCUT2D eigenvalue weighted by Crippen LogP contribution is -2.33. The molecule has 1 saturated heterocycles. The van der Waals surface area contributed by atoms with Crippen molar-refractivity contribution in [2.45, 2.75) is 24.5 Å². The summed E-state index contributed by atoms with van der Waals surface area (Å²) in [6, 6.07) is 0. The molecule has 0 aromatic carbocycles. The molecule has 2 rings (SSSR count). The molecule has 18 heavy (non-hydrogen) atoms. The molecule has 4 atom stereocenters. The lowest BCUT2D eigenvalue weighted by atomic mass is 10.1. The van der Waals surface area contributed by atoms with E-state index in [0.717, 1.165) is 4.68 Å². The van der Waals surface area contributed by atoms with Crippen LogP contribution in [0.25, 0.3) is 0 Å². The molecule has 100 valence electrons. The van der Waals surface area contributed by atoms with E-state index < -0.39 is 37.1 Å². The molecular weight excluding hydrogens is 246 g/mol. The van der Waals surface area contributed by atoms with E-state index in [-0.39, 0.29) is 11.5 Å². The summed E-state index contributed by atoms with van der Waals surface area (Å²) in [6.07, 6.45) is -4.75. The summed E-state index contributed by atoms with van der Waals surface area (Å²) in [5, 5.41) is 35.2. The predicted octanol–water partition coefficient (Wildman–Crippen LogP) is -3.43. The molecule has 10 heteroatoms. The van der Waals surface area contributed by atoms with Crippen LogP contribution in [0.4, 0.5) is 5.82 Å². The van der Waals surface area contributed by atoms with Crippen LogP contribution in [-0.4, -0.2) is 61.1 Å². The van der Waals surface area contributed by atoms with Crippen LogP contribution in [0.3, 0.4) is 0 Å². The van der Waals surface area contributed by atoms with Gasteiger partial charge in [-0.2, -0.15) is 4.68 Å². The van der Waals surface area contributed by atoms with E-state index >= 15 is 0 Å². The highest BCUT2D eigenvalue weighted by molar-refractivity contribution is 5.94. The Hall–Kier alpha value is -1.75. The average molecular weight is 259 g/mol. The third-order valence-corrected chi connectivity index (χ3v) is 2.72. The molecule has 1 aromatic heterocycles. The zero-order valence-electron chi connectivity index (χ0n) is 9.17. The summed E-state index contributed by atoms with van der Waals surface area (Å²) in [6.45, 7) is -0.480. The molecule has 1 amide bonds. The lowest BCUT2D eigenvalue weighted by Gasteiger charge is -2.15. The molecule has 0 spiro atoms. The summed E-state index contributed by atoms with van der Waals surface area (Å²) in [7, 11) is 0. The average Bonchev–Trinajstić information content (AvgIpc) is 2.82. The van der Waals surface area contributed by atoms with Crippen molar-refractivity contribution >= 4 is 11.7 Å². The number of nitrogens with two attached hydrogens (primary N) is 2. The smallest absolute Gasteiger partial charge is 0.273 e. The number of nitrogen functional groups attached to an aromatic ring is 1. The predicted molar refractivity (Wildman–Crippen MR) is 56.0 cm³/mol. The summed E-state index contributed by atoms with van der Waals surface area (Å²) in [5.41, 5.74) is 10.3. The second kappa shape index (κ2) is 4.49. The minimum Gasteiger partial charge on any atom is -0.394 e. The van der Waals surface area contributed by atoms with Crippen LogP contribution in [0.2, 0.25) is 0 Å². The van der Waals surface area contributed by atoms with Gasteiger partial charge in [0.25, 0.3) is 5.91 Å². The molecule has 1 aromatic rings. The molecule has 2 heterocycles. The monoisotopic (exact) mass is 259 g/mol. The van der Waals surface area contributed by atoms with Gasteiger partial charge >= 0.3 is 0 Å². The third kappa shape index (κ3) is 1.80. The van der Waals surface area contributed by atoms with Gasteiger partial charge in [-0.05, 0) is 0 Å². The normalized spacial score (nSPS) is 31.7. The van der Waals surface area contributed by atoms with Gasteiger partial charge in [0.1, 0.15) is 18.3 Å². The Bertz CT molecular complexity index is 463. The second-order valence-corrected chi connectivity index (χ2v) is 3.86. The second-order valence-electron chi connectivity index (χ2n) is 3.86. The van der Waals surface area contributed by atoms with E-state index in [2.05, 4.69) is 10.3 Å². The zero-order chi connectivity index (χ0) is 13.4. The number of carbonyl (C=O) groups excluding carboxylic acids is 1. The van der Waals surface area contributed by atoms with Crippen molar-refractivity contribution in [2.24, 2.45) is 5.73 Å². The van der Waals surface area contributed by atoms with Gasteiger partial charge in [-0.15, -0.1) is 5.10 Å². The van der Waals surface area contributed by atoms with Crippen LogP contribution in [0.5, 0.6) is 0 Å². The number of hydrogen-bond donors (Lipinski definition) is 5. The number of rotatable bonds is 3. The maximum absolute atomic E-state index is 11.0. The van der Waals surface area contributed by atoms with E-state index in [1.807, 2.05) is 0 Å². The van der Waals surface area contributed by atoms with Gasteiger partial charge in [0.2, 0.25) is 0 Å². The third-order valence-electron chi connectivity index (χ3n) is 2.72. The Balaban J connectivity index is 2.30. The first-order valence-corrected chi connectivity index (χ1v) is 5.10. The summed E-state index contributed by atoms with van der Waals surface area (Å²) in [4.78, 5) is 11.0. The van der Waals surface area contributed by atoms with Crippen molar-refractivity contribution in [3.63, 3.8) is 0 Å². The van der Waals surface area contributed by atoms with Gasteiger partial charge in [0, 0.05) is 0 Å². The number of aliphatic hydroxyl groups is 3. The van der Waals surface area contributed by atoms with E-state index in [1.54, 1.807) is 0 Å². The van der Waals surface area contributed by atoms with Gasteiger partial charge in [0.15, 0.2) is 17.7 Å². The first-order chi connectivity index (χ1) is 8.47. The Morgan fingerprint density at radius 1 is 1.44 bits per heavy atom. The number of aliphatic hydroxyl groups excluding tert-OH is 3. The number of nitrogens with zero attached hydrogens (tertiary/aromatic N) is 3. The lowest BCUT2D eigenvalue weighted by molar-refractivity contribution is -0.0582. The molecule has 1 aliphatic rings. The molecule has 0 saturated carbocycles. The van der Waals surface area contributed by atoms with Crippen LogP contribution < -0.4 is 11.5 Å². The number of aromatic nitrogens is 3. The van der Waals surface area contributed by atoms with Crippen LogP contribution in [0.15, 0.2) is 0 Å². The largest absolute Gasteiger partial charge is 0.394 e. The number of hydrogen-bond acceptors (Lipinski definition) is 8. The first-order valence-electron chi connectivity index (χ1n) is 5.10. The molecule has 0 radical (unpaired) electrons. The Labute approximate surface area is 101 Å². The number of primary amides is 1. The maximum Gasteiger partial charge on any atom is 0.273 e. The van der Waals surface area contributed by atoms with Gasteiger partial charge in [0.05, 0.1) is 6.61 Å². The quantitative estimate of drug-likeness (QED) is 0.373. The summed E-state index contributed by atoms with van der Waals surface area (Å²) in [5.74, 6) is -1.05. The van der Waals surface area contributed by atoms with Gasteiger partial charge in [-0.25, -0.2) is 0 Å². The van der Waals surface area contributed by atoms with Gasteiger partial charge in [-0.1, -0.05) is 5.21 Å². The topological polar surface area (TPSA) is 170 Å². The molecular formula is C8H13N5O5. The van der Waals surface area contributed by atoms with Crippen LogP contribution >= 0.6 is 0 Å². The van der Waals surface area contributed by atoms with Crippen LogP contribution in [-0.2, 0) is 4.74 Å². The Morgan fingerprint density at radius 3 is 2.56 bits per heavy atom. The van der Waals surface area contributed by atoms with Crippen molar-refractivity contribution in [1.82, 2.24) is 15.0 Å². The Kier molecular flexibility index (Phi) is 3.17. The maximum atomic E-state index is 11.0. The fourth-order valence-electron chi connectivity index (χ4n) is 1.75. The molecule has 0 aliphatic carbocycles. The van der Waals surface area contributed by atoms with E-state index in [0.29, 0.717) is 0 Å². The molecule has 0 bridgehead atoms. The fourth-order valence-corrected chi connectivity index (χ4v) is 1.75. The number of amides is 1. The zero-order valence-corrected chi connectivity index (χ0v) is 9.17. The number of ether oxygens (including phenoxy) is 1. The van der Waals surface area contributed by atoms with Crippen LogP contribution in [0, 0.1) is 0 Å². The van der Waals surface area contributed by atoms with Gasteiger partial charge in [-0.3, -0.25) is 4.79 Å². The van der Waals surface area contributed by atoms with E-state index in [1.165, 1.54) is 0 Å². The minimum absolute atomic E-state index is 0.183. The SMILES string of the molecule is NC(=O)c1nnn([C@@H]2O[C@H](CO)[C@@H](O)[C@H]2O)c1N. The summed E-state index contributed by atoms with van der Waals surface area (Å²) >= 11 is 0. The molecule has 1 aliphatic heterocycles. The highest BCUT2D eigenvalue weighted by Crippen LogP contribution is 2.30. The molecule has 1 fully saturated rings. The molecule has 0 unspecified atom stereocenters. The van der Waals surface area contributed by atoms with Crippen molar-refractivity contribution < 1.29 is 24.9 Å². The van der Waals surface area contributed by atoms with Gasteiger partial charge < -0.3 is 31.5 Å². The highest BCUT2D eigenvalue weighted by atomic mass is 16.6. The Morgan fingerprint density at radius 2 is 2.11 bits per heavy atom. The van der Waals surface area contributed by atoms with Crippen molar-refractivity contribution in [3.8, 4) is 0 Å². The molecule has 10 nitrogen and oxygen atoms in total. The van der Waals surface area contributed by atoms with Crippen molar-refractivity contribution in [1.29, 1.82) is 0 Å².